The molecular formula is C26H42N2O4. The zero-order valence-corrected chi connectivity index (χ0v) is 19.8. The standard InChI is InChI=1S/C26H42N2O4/c1-19(2)15-22(17-24(29)23(27)16-20-9-5-3-6-10-20)26(31)28-14-13-25(30)32-18-21-11-7-4-8-12-21/h4,7-8,11-12,19-20,22-24,29H,3,5-6,9-10,13-18,27H2,1-2H3,(H,28,31). The third kappa shape index (κ3) is 10.1. The molecule has 0 heterocycles. The minimum atomic E-state index is -0.692. The van der Waals surface area contributed by atoms with Crippen molar-refractivity contribution in [2.24, 2.45) is 23.5 Å². The summed E-state index contributed by atoms with van der Waals surface area (Å²) in [4.78, 5) is 24.7. The van der Waals surface area contributed by atoms with Crippen molar-refractivity contribution in [3.8, 4) is 0 Å². The lowest BCUT2D eigenvalue weighted by Crippen LogP contribution is -2.41. The zero-order chi connectivity index (χ0) is 23.3. The highest BCUT2D eigenvalue weighted by Gasteiger charge is 2.28. The minimum absolute atomic E-state index is 0.122. The second-order valence-electron chi connectivity index (χ2n) is 9.72. The van der Waals surface area contributed by atoms with E-state index in [1.165, 1.54) is 32.1 Å². The molecule has 6 nitrogen and oxygen atoms in total. The molecule has 1 aliphatic carbocycles. The van der Waals surface area contributed by atoms with Crippen LogP contribution < -0.4 is 11.1 Å². The molecule has 1 aromatic carbocycles. The van der Waals surface area contributed by atoms with Gasteiger partial charge in [-0.3, -0.25) is 9.59 Å². The fraction of sp³-hybridized carbons (Fsp3) is 0.692. The number of aliphatic hydroxyl groups is 1. The van der Waals surface area contributed by atoms with E-state index in [2.05, 4.69) is 19.2 Å². The largest absolute Gasteiger partial charge is 0.461 e. The van der Waals surface area contributed by atoms with Gasteiger partial charge >= 0.3 is 5.97 Å². The van der Waals surface area contributed by atoms with Crippen molar-refractivity contribution in [1.82, 2.24) is 5.32 Å². The number of esters is 1. The molecule has 0 spiro atoms. The first-order chi connectivity index (χ1) is 15.3. The molecule has 180 valence electrons. The van der Waals surface area contributed by atoms with E-state index < -0.39 is 6.10 Å². The number of rotatable bonds is 13. The molecule has 0 aromatic heterocycles. The lowest BCUT2D eigenvalue weighted by molar-refractivity contribution is -0.144. The molecule has 1 saturated carbocycles. The average molecular weight is 447 g/mol. The van der Waals surface area contributed by atoms with Gasteiger partial charge in [0.15, 0.2) is 0 Å². The number of carbonyl (C=O) groups is 2. The van der Waals surface area contributed by atoms with Crippen molar-refractivity contribution < 1.29 is 19.4 Å². The van der Waals surface area contributed by atoms with Crippen molar-refractivity contribution in [3.63, 3.8) is 0 Å². The van der Waals surface area contributed by atoms with Crippen LogP contribution in [-0.4, -0.2) is 35.7 Å². The van der Waals surface area contributed by atoms with Crippen LogP contribution in [0.3, 0.4) is 0 Å². The van der Waals surface area contributed by atoms with E-state index in [0.717, 1.165) is 12.0 Å². The summed E-state index contributed by atoms with van der Waals surface area (Å²) >= 11 is 0. The Kier molecular flexibility index (Phi) is 11.7. The van der Waals surface area contributed by atoms with Crippen molar-refractivity contribution in [1.29, 1.82) is 0 Å². The van der Waals surface area contributed by atoms with Crippen molar-refractivity contribution in [2.75, 3.05) is 6.54 Å². The second kappa shape index (κ2) is 14.3. The van der Waals surface area contributed by atoms with E-state index in [4.69, 9.17) is 10.5 Å². The Labute approximate surface area is 193 Å². The maximum Gasteiger partial charge on any atom is 0.307 e. The van der Waals surface area contributed by atoms with Crippen LogP contribution in [0.1, 0.15) is 77.2 Å². The number of hydrogen-bond donors (Lipinski definition) is 3. The highest BCUT2D eigenvalue weighted by atomic mass is 16.5. The summed E-state index contributed by atoms with van der Waals surface area (Å²) < 4.78 is 5.26. The number of nitrogens with two attached hydrogens (primary N) is 1. The summed E-state index contributed by atoms with van der Waals surface area (Å²) in [6, 6.07) is 9.20. The third-order valence-corrected chi connectivity index (χ3v) is 6.35. The van der Waals surface area contributed by atoms with Crippen LogP contribution in [0.25, 0.3) is 0 Å². The molecule has 0 radical (unpaired) electrons. The fourth-order valence-electron chi connectivity index (χ4n) is 4.55. The third-order valence-electron chi connectivity index (χ3n) is 6.35. The second-order valence-corrected chi connectivity index (χ2v) is 9.72. The van der Waals surface area contributed by atoms with Gasteiger partial charge in [0.05, 0.1) is 12.5 Å². The van der Waals surface area contributed by atoms with Crippen LogP contribution in [0, 0.1) is 17.8 Å². The van der Waals surface area contributed by atoms with Gasteiger partial charge in [-0.1, -0.05) is 76.3 Å². The number of nitrogens with one attached hydrogen (secondary N) is 1. The van der Waals surface area contributed by atoms with E-state index in [-0.39, 0.29) is 43.4 Å². The highest BCUT2D eigenvalue weighted by molar-refractivity contribution is 5.79. The first-order valence-electron chi connectivity index (χ1n) is 12.3. The Morgan fingerprint density at radius 3 is 2.47 bits per heavy atom. The minimum Gasteiger partial charge on any atom is -0.461 e. The molecule has 1 aromatic rings. The highest BCUT2D eigenvalue weighted by Crippen LogP contribution is 2.28. The topological polar surface area (TPSA) is 102 Å². The van der Waals surface area contributed by atoms with Crippen LogP contribution in [0.5, 0.6) is 0 Å². The van der Waals surface area contributed by atoms with Gasteiger partial charge in [-0.25, -0.2) is 0 Å². The fourth-order valence-corrected chi connectivity index (χ4v) is 4.55. The average Bonchev–Trinajstić information content (AvgIpc) is 2.78. The lowest BCUT2D eigenvalue weighted by Gasteiger charge is -2.29. The molecule has 0 aliphatic heterocycles. The SMILES string of the molecule is CC(C)CC(CC(O)C(N)CC1CCCCC1)C(=O)NCCC(=O)OCc1ccccc1. The van der Waals surface area contributed by atoms with Crippen molar-refractivity contribution in [3.05, 3.63) is 35.9 Å². The van der Waals surface area contributed by atoms with Gasteiger partial charge in [-0.2, -0.15) is 0 Å². The van der Waals surface area contributed by atoms with Crippen molar-refractivity contribution in [2.45, 2.75) is 90.4 Å². The predicted octanol–water partition coefficient (Wildman–Crippen LogP) is 3.95. The summed E-state index contributed by atoms with van der Waals surface area (Å²) in [5, 5.41) is 13.5. The quantitative estimate of drug-likeness (QED) is 0.398. The van der Waals surface area contributed by atoms with E-state index >= 15 is 0 Å². The van der Waals surface area contributed by atoms with Gasteiger partial charge in [-0.05, 0) is 36.7 Å². The number of aliphatic hydroxyl groups excluding tert-OH is 1. The Hall–Kier alpha value is -1.92. The van der Waals surface area contributed by atoms with Gasteiger partial charge in [-0.15, -0.1) is 0 Å². The zero-order valence-electron chi connectivity index (χ0n) is 19.8. The molecule has 0 saturated heterocycles. The molecule has 0 bridgehead atoms. The lowest BCUT2D eigenvalue weighted by atomic mass is 9.82. The van der Waals surface area contributed by atoms with Crippen molar-refractivity contribution >= 4 is 11.9 Å². The molecule has 1 fully saturated rings. The molecule has 4 N–H and O–H groups in total. The van der Waals surface area contributed by atoms with E-state index in [1.807, 2.05) is 30.3 Å². The molecule has 32 heavy (non-hydrogen) atoms. The molecule has 6 heteroatoms. The van der Waals surface area contributed by atoms with E-state index in [9.17, 15) is 14.7 Å². The molecular weight excluding hydrogens is 404 g/mol. The van der Waals surface area contributed by atoms with Gasteiger partial charge in [0.1, 0.15) is 6.61 Å². The molecule has 3 unspecified atom stereocenters. The number of carbonyl (C=O) groups excluding carboxylic acids is 2. The number of hydrogen-bond acceptors (Lipinski definition) is 5. The number of amides is 1. The molecule has 2 rings (SSSR count). The summed E-state index contributed by atoms with van der Waals surface area (Å²) in [6.45, 7) is 4.59. The summed E-state index contributed by atoms with van der Waals surface area (Å²) in [7, 11) is 0. The Morgan fingerprint density at radius 2 is 1.81 bits per heavy atom. The van der Waals surface area contributed by atoms with Gasteiger partial charge < -0.3 is 20.9 Å². The maximum absolute atomic E-state index is 12.8. The van der Waals surface area contributed by atoms with E-state index in [1.54, 1.807) is 0 Å². The van der Waals surface area contributed by atoms with Crippen LogP contribution >= 0.6 is 0 Å². The summed E-state index contributed by atoms with van der Waals surface area (Å²) in [5.74, 6) is 0.126. The Balaban J connectivity index is 1.74. The summed E-state index contributed by atoms with van der Waals surface area (Å²) in [6.07, 6.45) is 7.47. The van der Waals surface area contributed by atoms with Gasteiger partial charge in [0.25, 0.3) is 0 Å². The molecule has 3 atom stereocenters. The van der Waals surface area contributed by atoms with Crippen LogP contribution in [0.4, 0.5) is 0 Å². The monoisotopic (exact) mass is 446 g/mol. The Morgan fingerprint density at radius 1 is 1.12 bits per heavy atom. The smallest absolute Gasteiger partial charge is 0.307 e. The number of ether oxygens (including phenoxy) is 1. The van der Waals surface area contributed by atoms with Crippen LogP contribution in [0.2, 0.25) is 0 Å². The molecule has 1 aliphatic rings. The first kappa shape index (κ1) is 26.3. The van der Waals surface area contributed by atoms with Gasteiger partial charge in [0.2, 0.25) is 5.91 Å². The maximum atomic E-state index is 12.8. The molecule has 1 amide bonds. The Bertz CT molecular complexity index is 674. The first-order valence-corrected chi connectivity index (χ1v) is 12.3. The number of benzene rings is 1. The predicted molar refractivity (Wildman–Crippen MR) is 127 cm³/mol. The van der Waals surface area contributed by atoms with E-state index in [0.29, 0.717) is 24.7 Å². The van der Waals surface area contributed by atoms with Crippen LogP contribution in [-0.2, 0) is 20.9 Å². The summed E-state index contributed by atoms with van der Waals surface area (Å²) in [5.41, 5.74) is 7.24. The van der Waals surface area contributed by atoms with Crippen LogP contribution in [0.15, 0.2) is 30.3 Å². The normalized spacial score (nSPS) is 17.5. The van der Waals surface area contributed by atoms with Gasteiger partial charge in [0, 0.05) is 18.5 Å².